The van der Waals surface area contributed by atoms with Crippen LogP contribution in [-0.2, 0) is 19.4 Å². The van der Waals surface area contributed by atoms with E-state index in [9.17, 15) is 5.11 Å². The second-order valence-corrected chi connectivity index (χ2v) is 5.78. The third-order valence-electron chi connectivity index (χ3n) is 3.73. The van der Waals surface area contributed by atoms with Crippen molar-refractivity contribution in [3.8, 4) is 0 Å². The van der Waals surface area contributed by atoms with Gasteiger partial charge in [-0.1, -0.05) is 41.9 Å². The average molecular weight is 307 g/mol. The van der Waals surface area contributed by atoms with E-state index < -0.39 is 0 Å². The Bertz CT molecular complexity index is 566. The number of rotatable bonds is 7. The van der Waals surface area contributed by atoms with Crippen LogP contribution in [0.4, 0.5) is 0 Å². The molecule has 0 saturated heterocycles. The van der Waals surface area contributed by atoms with Gasteiger partial charge in [0.25, 0.3) is 0 Å². The smallest absolute Gasteiger partial charge is 0.0848 e. The topological polar surface area (TPSA) is 38.0 Å². The van der Waals surface area contributed by atoms with Crippen LogP contribution >= 0.6 is 11.6 Å². The molecule has 1 aromatic carbocycles. The molecule has 1 aromatic heterocycles. The van der Waals surface area contributed by atoms with Gasteiger partial charge in [-0.25, -0.2) is 0 Å². The minimum absolute atomic E-state index is 0.368. The number of aliphatic hydroxyl groups is 1. The summed E-state index contributed by atoms with van der Waals surface area (Å²) in [6.45, 7) is 4.72. The van der Waals surface area contributed by atoms with Crippen LogP contribution in [-0.4, -0.2) is 21.0 Å². The highest BCUT2D eigenvalue weighted by atomic mass is 35.5. The quantitative estimate of drug-likeness (QED) is 0.845. The third kappa shape index (κ3) is 4.32. The lowest BCUT2D eigenvalue weighted by Gasteiger charge is -2.12. The van der Waals surface area contributed by atoms with E-state index in [4.69, 9.17) is 11.6 Å². The highest BCUT2D eigenvalue weighted by Gasteiger charge is 2.16. The first kappa shape index (κ1) is 16.1. The fraction of sp³-hybridized carbons (Fsp3) is 0.471. The van der Waals surface area contributed by atoms with E-state index in [2.05, 4.69) is 17.2 Å². The molecule has 1 atom stereocenters. The maximum Gasteiger partial charge on any atom is 0.0848 e. The van der Waals surface area contributed by atoms with Gasteiger partial charge in [0, 0.05) is 13.0 Å². The molecule has 21 heavy (non-hydrogen) atoms. The molecule has 0 aliphatic carbocycles. The summed E-state index contributed by atoms with van der Waals surface area (Å²) in [7, 11) is 0. The highest BCUT2D eigenvalue weighted by molar-refractivity contribution is 6.31. The molecule has 0 aliphatic rings. The molecule has 2 aromatic rings. The largest absolute Gasteiger partial charge is 0.393 e. The Hall–Kier alpha value is -1.32. The Balaban J connectivity index is 1.86. The summed E-state index contributed by atoms with van der Waals surface area (Å²) in [6, 6.07) is 10.4. The van der Waals surface area contributed by atoms with Crippen LogP contribution in [0.2, 0.25) is 5.02 Å². The molecule has 0 radical (unpaired) electrons. The van der Waals surface area contributed by atoms with Crippen LogP contribution in [0, 0.1) is 6.92 Å². The zero-order valence-electron chi connectivity index (χ0n) is 12.7. The van der Waals surface area contributed by atoms with Crippen molar-refractivity contribution in [1.29, 1.82) is 0 Å². The maximum absolute atomic E-state index is 10.2. The number of benzene rings is 1. The van der Waals surface area contributed by atoms with Crippen LogP contribution in [0.5, 0.6) is 0 Å². The molecule has 0 saturated carbocycles. The summed E-state index contributed by atoms with van der Waals surface area (Å²) >= 11 is 6.27. The predicted molar refractivity (Wildman–Crippen MR) is 86.7 cm³/mol. The minimum Gasteiger partial charge on any atom is -0.393 e. The number of hydrogen-bond acceptors (Lipinski definition) is 2. The second-order valence-electron chi connectivity index (χ2n) is 5.40. The number of aromatic nitrogens is 2. The van der Waals surface area contributed by atoms with E-state index in [1.165, 1.54) is 5.56 Å². The third-order valence-corrected chi connectivity index (χ3v) is 4.22. The Morgan fingerprint density at radius 2 is 2.00 bits per heavy atom. The zero-order chi connectivity index (χ0) is 15.2. The van der Waals surface area contributed by atoms with Crippen LogP contribution in [0.15, 0.2) is 30.3 Å². The summed E-state index contributed by atoms with van der Waals surface area (Å²) in [5.41, 5.74) is 3.10. The Kier molecular flexibility index (Phi) is 5.83. The number of halogens is 1. The molecular formula is C17H23ClN2O. The second kappa shape index (κ2) is 7.62. The highest BCUT2D eigenvalue weighted by Crippen LogP contribution is 2.22. The van der Waals surface area contributed by atoms with Gasteiger partial charge in [-0.3, -0.25) is 4.68 Å². The zero-order valence-corrected chi connectivity index (χ0v) is 13.5. The lowest BCUT2D eigenvalue weighted by Crippen LogP contribution is -2.15. The van der Waals surface area contributed by atoms with Crippen molar-refractivity contribution in [2.24, 2.45) is 0 Å². The number of aliphatic hydroxyl groups excluding tert-OH is 1. The van der Waals surface area contributed by atoms with Crippen molar-refractivity contribution in [1.82, 2.24) is 9.78 Å². The van der Waals surface area contributed by atoms with Crippen molar-refractivity contribution < 1.29 is 5.11 Å². The van der Waals surface area contributed by atoms with Gasteiger partial charge in [-0.2, -0.15) is 5.10 Å². The molecule has 2 rings (SSSR count). The van der Waals surface area contributed by atoms with E-state index in [1.54, 1.807) is 0 Å². The lowest BCUT2D eigenvalue weighted by molar-refractivity contribution is 0.159. The fourth-order valence-electron chi connectivity index (χ4n) is 2.58. The van der Waals surface area contributed by atoms with Crippen molar-refractivity contribution in [3.05, 3.63) is 52.3 Å². The van der Waals surface area contributed by atoms with Gasteiger partial charge in [0.05, 0.1) is 22.5 Å². The lowest BCUT2D eigenvalue weighted by atomic mass is 10.0. The number of nitrogens with zero attached hydrogens (tertiary/aromatic N) is 2. The molecule has 1 unspecified atom stereocenters. The van der Waals surface area contributed by atoms with Crippen molar-refractivity contribution in [2.75, 3.05) is 0 Å². The molecule has 114 valence electrons. The van der Waals surface area contributed by atoms with Gasteiger partial charge in [0.1, 0.15) is 0 Å². The first-order chi connectivity index (χ1) is 10.1. The van der Waals surface area contributed by atoms with Gasteiger partial charge in [-0.05, 0) is 38.7 Å². The van der Waals surface area contributed by atoms with E-state index in [0.717, 1.165) is 37.2 Å². The van der Waals surface area contributed by atoms with E-state index in [0.29, 0.717) is 11.4 Å². The first-order valence-electron chi connectivity index (χ1n) is 7.55. The molecule has 1 heterocycles. The van der Waals surface area contributed by atoms with E-state index >= 15 is 0 Å². The van der Waals surface area contributed by atoms with Gasteiger partial charge in [0.15, 0.2) is 0 Å². The molecule has 4 heteroatoms. The molecule has 3 nitrogen and oxygen atoms in total. The number of aryl methyl sites for hydroxylation is 3. The van der Waals surface area contributed by atoms with Crippen molar-refractivity contribution in [2.45, 2.75) is 52.2 Å². The maximum atomic E-state index is 10.2. The van der Waals surface area contributed by atoms with Crippen LogP contribution in [0.25, 0.3) is 0 Å². The summed E-state index contributed by atoms with van der Waals surface area (Å²) in [6.07, 6.45) is 2.95. The molecular weight excluding hydrogens is 284 g/mol. The summed E-state index contributed by atoms with van der Waals surface area (Å²) in [4.78, 5) is 0. The minimum atomic E-state index is -0.368. The summed E-state index contributed by atoms with van der Waals surface area (Å²) in [5.74, 6) is 0. The number of hydrogen-bond donors (Lipinski definition) is 1. The van der Waals surface area contributed by atoms with Crippen molar-refractivity contribution in [3.63, 3.8) is 0 Å². The summed E-state index contributed by atoms with van der Waals surface area (Å²) < 4.78 is 1.89. The van der Waals surface area contributed by atoms with Gasteiger partial charge in [0.2, 0.25) is 0 Å². The van der Waals surface area contributed by atoms with Crippen LogP contribution < -0.4 is 0 Å². The van der Waals surface area contributed by atoms with Gasteiger partial charge < -0.3 is 5.11 Å². The predicted octanol–water partition coefficient (Wildman–Crippen LogP) is 3.79. The standard InChI is InChI=1S/C17H23ClN2O/c1-3-20-16(17(18)13(2)19-20)12-15(21)11-7-10-14-8-5-4-6-9-14/h4-6,8-9,15,21H,3,7,10-12H2,1-2H3. The van der Waals surface area contributed by atoms with Crippen LogP contribution in [0.1, 0.15) is 36.7 Å². The van der Waals surface area contributed by atoms with Gasteiger partial charge in [-0.15, -0.1) is 0 Å². The Labute approximate surface area is 131 Å². The molecule has 0 spiro atoms. The Morgan fingerprint density at radius 1 is 1.29 bits per heavy atom. The van der Waals surface area contributed by atoms with Crippen LogP contribution in [0.3, 0.4) is 0 Å². The summed E-state index contributed by atoms with van der Waals surface area (Å²) in [5, 5.41) is 15.3. The monoisotopic (exact) mass is 306 g/mol. The van der Waals surface area contributed by atoms with Gasteiger partial charge >= 0.3 is 0 Å². The van der Waals surface area contributed by atoms with E-state index in [1.807, 2.05) is 36.7 Å². The molecule has 1 N–H and O–H groups in total. The normalized spacial score (nSPS) is 12.6. The van der Waals surface area contributed by atoms with E-state index in [-0.39, 0.29) is 6.10 Å². The SMILES string of the molecule is CCn1nc(C)c(Cl)c1CC(O)CCCc1ccccc1. The molecule has 0 bridgehead atoms. The molecule has 0 aliphatic heterocycles. The molecule has 0 amide bonds. The Morgan fingerprint density at radius 3 is 2.67 bits per heavy atom. The average Bonchev–Trinajstić information content (AvgIpc) is 2.76. The van der Waals surface area contributed by atoms with Crippen molar-refractivity contribution >= 4 is 11.6 Å². The first-order valence-corrected chi connectivity index (χ1v) is 7.93. The molecule has 0 fully saturated rings. The fourth-order valence-corrected chi connectivity index (χ4v) is 2.79.